The lowest BCUT2D eigenvalue weighted by Crippen LogP contribution is -2.16. The molecule has 0 atom stereocenters. The minimum Gasteiger partial charge on any atom is -0.307 e. The third kappa shape index (κ3) is 2.51. The van der Waals surface area contributed by atoms with E-state index in [0.29, 0.717) is 0 Å². The molecule has 0 N–H and O–H groups in total. The molecule has 6 aromatic rings. The molecule has 0 saturated heterocycles. The molecule has 0 radical (unpaired) electrons. The van der Waals surface area contributed by atoms with E-state index < -0.39 is 0 Å². The molecule has 0 amide bonds. The zero-order valence-electron chi connectivity index (χ0n) is 18.3. The second-order valence-corrected chi connectivity index (χ2v) is 11.0. The van der Waals surface area contributed by atoms with Gasteiger partial charge in [-0.3, -0.25) is 0 Å². The zero-order chi connectivity index (χ0) is 22.2. The summed E-state index contributed by atoms with van der Waals surface area (Å²) < 4.78 is 2.69. The molecule has 0 unspecified atom stereocenters. The molecular formula is C31H19NS2. The Balaban J connectivity index is 1.49. The van der Waals surface area contributed by atoms with Crippen LogP contribution in [-0.2, 0) is 6.42 Å². The summed E-state index contributed by atoms with van der Waals surface area (Å²) in [7, 11) is 0. The standard InChI is InChI=1S/C31H19NS2/c1-3-16-27-21(11-1)22-12-7-15-25(30(22)33-27)32-24-14-2-4-17-28(24)34-31-23-13-6-9-19-8-5-10-20(29(19)23)18-26(31)32/h1-12,14-18H,13H2. The van der Waals surface area contributed by atoms with Crippen molar-refractivity contribution in [3.8, 4) is 0 Å². The first-order valence-corrected chi connectivity index (χ1v) is 13.2. The first-order chi connectivity index (χ1) is 16.9. The average molecular weight is 470 g/mol. The topological polar surface area (TPSA) is 3.24 Å². The molecule has 34 heavy (non-hydrogen) atoms. The van der Waals surface area contributed by atoms with Crippen molar-refractivity contribution < 1.29 is 0 Å². The Morgan fingerprint density at radius 1 is 0.706 bits per heavy atom. The molecule has 0 spiro atoms. The number of nitrogens with zero attached hydrogens (tertiary/aromatic N) is 1. The second-order valence-electron chi connectivity index (χ2n) is 8.91. The molecular weight excluding hydrogens is 450 g/mol. The highest BCUT2D eigenvalue weighted by molar-refractivity contribution is 7.99. The van der Waals surface area contributed by atoms with Gasteiger partial charge in [0.2, 0.25) is 0 Å². The fourth-order valence-corrected chi connectivity index (χ4v) is 7.99. The maximum absolute atomic E-state index is 2.51. The number of para-hydroxylation sites is 1. The first kappa shape index (κ1) is 18.8. The molecule has 2 aliphatic rings. The van der Waals surface area contributed by atoms with Crippen LogP contribution < -0.4 is 4.90 Å². The summed E-state index contributed by atoms with van der Waals surface area (Å²) in [6, 6.07) is 33.5. The number of anilines is 3. The summed E-state index contributed by atoms with van der Waals surface area (Å²) in [4.78, 5) is 5.22. The Labute approximate surface area is 206 Å². The van der Waals surface area contributed by atoms with Gasteiger partial charge < -0.3 is 4.90 Å². The number of rotatable bonds is 1. The van der Waals surface area contributed by atoms with Gasteiger partial charge in [0, 0.05) is 25.3 Å². The molecule has 5 aromatic carbocycles. The Hall–Kier alpha value is -3.53. The number of hydrogen-bond acceptors (Lipinski definition) is 3. The minimum absolute atomic E-state index is 0.979. The molecule has 3 heteroatoms. The third-order valence-corrected chi connectivity index (χ3v) is 9.47. The maximum Gasteiger partial charge on any atom is 0.0641 e. The fourth-order valence-electron chi connectivity index (χ4n) is 5.59. The van der Waals surface area contributed by atoms with E-state index >= 15 is 0 Å². The lowest BCUT2D eigenvalue weighted by Gasteiger charge is -2.35. The number of fused-ring (bicyclic) bond motifs is 6. The van der Waals surface area contributed by atoms with Gasteiger partial charge in [-0.05, 0) is 58.7 Å². The van der Waals surface area contributed by atoms with Crippen LogP contribution in [0.3, 0.4) is 0 Å². The van der Waals surface area contributed by atoms with Gasteiger partial charge >= 0.3 is 0 Å². The van der Waals surface area contributed by atoms with Crippen LogP contribution in [0.2, 0.25) is 0 Å². The van der Waals surface area contributed by atoms with Gasteiger partial charge in [-0.2, -0.15) is 0 Å². The normalized spacial score (nSPS) is 14.1. The third-order valence-electron chi connectivity index (χ3n) is 7.03. The van der Waals surface area contributed by atoms with E-state index in [9.17, 15) is 0 Å². The number of thiophene rings is 1. The van der Waals surface area contributed by atoms with E-state index in [1.165, 1.54) is 68.9 Å². The monoisotopic (exact) mass is 469 g/mol. The van der Waals surface area contributed by atoms with Crippen LogP contribution in [0.1, 0.15) is 11.1 Å². The van der Waals surface area contributed by atoms with Crippen LogP contribution in [0.25, 0.3) is 37.0 Å². The molecule has 160 valence electrons. The van der Waals surface area contributed by atoms with Crippen LogP contribution in [0.15, 0.2) is 107 Å². The van der Waals surface area contributed by atoms with Crippen molar-refractivity contribution in [2.45, 2.75) is 16.2 Å². The Morgan fingerprint density at radius 3 is 2.53 bits per heavy atom. The highest BCUT2D eigenvalue weighted by Crippen LogP contribution is 2.56. The minimum atomic E-state index is 0.979. The van der Waals surface area contributed by atoms with Crippen LogP contribution in [0.4, 0.5) is 17.1 Å². The summed E-state index contributed by atoms with van der Waals surface area (Å²) in [6.07, 6.45) is 5.57. The van der Waals surface area contributed by atoms with E-state index in [-0.39, 0.29) is 0 Å². The maximum atomic E-state index is 2.51. The molecule has 1 aromatic heterocycles. The van der Waals surface area contributed by atoms with Crippen molar-refractivity contribution in [2.24, 2.45) is 0 Å². The SMILES string of the molecule is C1=Cc2cccc3cc4c(c(c23)C1)Sc1ccccc1N4c1cccc2c1sc1ccccc12. The Morgan fingerprint density at radius 2 is 1.53 bits per heavy atom. The van der Waals surface area contributed by atoms with Crippen molar-refractivity contribution in [3.05, 3.63) is 108 Å². The van der Waals surface area contributed by atoms with E-state index in [1.807, 2.05) is 23.1 Å². The fraction of sp³-hybridized carbons (Fsp3) is 0.0323. The van der Waals surface area contributed by atoms with Gasteiger partial charge in [0.05, 0.1) is 21.8 Å². The molecule has 1 aliphatic carbocycles. The molecule has 8 rings (SSSR count). The molecule has 0 saturated carbocycles. The van der Waals surface area contributed by atoms with Gasteiger partial charge in [-0.1, -0.05) is 84.6 Å². The van der Waals surface area contributed by atoms with Gasteiger partial charge in [-0.15, -0.1) is 11.3 Å². The summed E-state index contributed by atoms with van der Waals surface area (Å²) in [6.45, 7) is 0. The van der Waals surface area contributed by atoms with Crippen molar-refractivity contribution in [2.75, 3.05) is 4.90 Å². The number of allylic oxidation sites excluding steroid dienone is 1. The van der Waals surface area contributed by atoms with Gasteiger partial charge in [0.25, 0.3) is 0 Å². The number of benzene rings is 5. The quantitative estimate of drug-likeness (QED) is 0.235. The Bertz CT molecular complexity index is 1830. The van der Waals surface area contributed by atoms with E-state index in [1.54, 1.807) is 0 Å². The Kier molecular flexibility index (Phi) is 3.87. The van der Waals surface area contributed by atoms with Gasteiger partial charge in [0.1, 0.15) is 0 Å². The summed E-state index contributed by atoms with van der Waals surface area (Å²) in [5, 5.41) is 5.41. The highest BCUT2D eigenvalue weighted by atomic mass is 32.2. The van der Waals surface area contributed by atoms with E-state index in [2.05, 4.69) is 108 Å². The lowest BCUT2D eigenvalue weighted by atomic mass is 9.92. The van der Waals surface area contributed by atoms with Crippen molar-refractivity contribution in [3.63, 3.8) is 0 Å². The smallest absolute Gasteiger partial charge is 0.0641 e. The van der Waals surface area contributed by atoms with Crippen LogP contribution in [0, 0.1) is 0 Å². The highest BCUT2D eigenvalue weighted by Gasteiger charge is 2.30. The summed E-state index contributed by atoms with van der Waals surface area (Å²) in [5.74, 6) is 0. The summed E-state index contributed by atoms with van der Waals surface area (Å²) >= 11 is 3.83. The first-order valence-electron chi connectivity index (χ1n) is 11.6. The molecule has 0 fully saturated rings. The number of hydrogen-bond donors (Lipinski definition) is 0. The van der Waals surface area contributed by atoms with Crippen LogP contribution >= 0.6 is 23.1 Å². The molecule has 0 bridgehead atoms. The lowest BCUT2D eigenvalue weighted by molar-refractivity contribution is 1.12. The molecule has 2 heterocycles. The van der Waals surface area contributed by atoms with Crippen molar-refractivity contribution in [1.82, 2.24) is 0 Å². The van der Waals surface area contributed by atoms with Crippen LogP contribution in [-0.4, -0.2) is 0 Å². The predicted molar refractivity (Wildman–Crippen MR) is 148 cm³/mol. The van der Waals surface area contributed by atoms with Crippen LogP contribution in [0.5, 0.6) is 0 Å². The van der Waals surface area contributed by atoms with Crippen molar-refractivity contribution in [1.29, 1.82) is 0 Å². The zero-order valence-corrected chi connectivity index (χ0v) is 19.9. The second kappa shape index (κ2) is 6.99. The van der Waals surface area contributed by atoms with E-state index in [0.717, 1.165) is 6.42 Å². The van der Waals surface area contributed by atoms with Gasteiger partial charge in [-0.25, -0.2) is 0 Å². The largest absolute Gasteiger partial charge is 0.307 e. The molecule has 1 nitrogen and oxygen atoms in total. The summed E-state index contributed by atoms with van der Waals surface area (Å²) in [5.41, 5.74) is 6.61. The van der Waals surface area contributed by atoms with Gasteiger partial charge in [0.15, 0.2) is 0 Å². The predicted octanol–water partition coefficient (Wildman–Crippen LogP) is 9.71. The molecule has 1 aliphatic heterocycles. The van der Waals surface area contributed by atoms with E-state index in [4.69, 9.17) is 0 Å². The van der Waals surface area contributed by atoms with Crippen molar-refractivity contribution >= 4 is 77.2 Å². The average Bonchev–Trinajstić information content (AvgIpc) is 3.27.